The monoisotopic (exact) mass is 289 g/mol. The predicted molar refractivity (Wildman–Crippen MR) is 85.9 cm³/mol. The molecule has 0 bridgehead atoms. The van der Waals surface area contributed by atoms with Gasteiger partial charge in [-0.15, -0.1) is 0 Å². The molecule has 0 aliphatic carbocycles. The lowest BCUT2D eigenvalue weighted by molar-refractivity contribution is 0.130. The fourth-order valence-electron chi connectivity index (χ4n) is 1.97. The first-order chi connectivity index (χ1) is 9.41. The normalized spacial score (nSPS) is 13.7. The van der Waals surface area contributed by atoms with E-state index in [-0.39, 0.29) is 6.10 Å². The highest BCUT2D eigenvalue weighted by Gasteiger charge is 2.04. The van der Waals surface area contributed by atoms with Gasteiger partial charge >= 0.3 is 0 Å². The molecule has 0 saturated heterocycles. The second kappa shape index (κ2) is 12.5. The van der Waals surface area contributed by atoms with Crippen molar-refractivity contribution in [2.24, 2.45) is 0 Å². The SMILES string of the molecule is CN(C)CCCN(C)CCCNNCC(O)CN(C)C. The number of nitrogens with zero attached hydrogens (tertiary/aromatic N) is 3. The molecule has 20 heavy (non-hydrogen) atoms. The Morgan fingerprint density at radius 1 is 0.850 bits per heavy atom. The van der Waals surface area contributed by atoms with Gasteiger partial charge in [-0.25, -0.2) is 0 Å². The highest BCUT2D eigenvalue weighted by molar-refractivity contribution is 4.61. The fourth-order valence-corrected chi connectivity index (χ4v) is 1.97. The molecule has 0 aromatic heterocycles. The van der Waals surface area contributed by atoms with Gasteiger partial charge in [0.2, 0.25) is 0 Å². The van der Waals surface area contributed by atoms with Gasteiger partial charge in [-0.3, -0.25) is 10.9 Å². The van der Waals surface area contributed by atoms with Gasteiger partial charge in [-0.1, -0.05) is 0 Å². The van der Waals surface area contributed by atoms with Crippen LogP contribution in [0.4, 0.5) is 0 Å². The maximum atomic E-state index is 9.65. The van der Waals surface area contributed by atoms with Crippen molar-refractivity contribution in [2.45, 2.75) is 18.9 Å². The van der Waals surface area contributed by atoms with E-state index >= 15 is 0 Å². The van der Waals surface area contributed by atoms with E-state index in [4.69, 9.17) is 0 Å². The summed E-state index contributed by atoms with van der Waals surface area (Å²) in [6, 6.07) is 0. The highest BCUT2D eigenvalue weighted by Crippen LogP contribution is 1.91. The Labute approximate surface area is 125 Å². The fraction of sp³-hybridized carbons (Fsp3) is 1.00. The van der Waals surface area contributed by atoms with Crippen molar-refractivity contribution in [2.75, 3.05) is 74.5 Å². The summed E-state index contributed by atoms with van der Waals surface area (Å²) >= 11 is 0. The quantitative estimate of drug-likeness (QED) is 0.307. The second-order valence-electron chi connectivity index (χ2n) is 6.04. The van der Waals surface area contributed by atoms with Crippen molar-refractivity contribution in [3.05, 3.63) is 0 Å². The molecule has 0 amide bonds. The number of aliphatic hydroxyl groups is 1. The minimum absolute atomic E-state index is 0.328. The molecule has 0 rings (SSSR count). The van der Waals surface area contributed by atoms with E-state index in [1.165, 1.54) is 6.42 Å². The molecule has 0 aliphatic rings. The summed E-state index contributed by atoms with van der Waals surface area (Å²) in [4.78, 5) is 6.57. The molecule has 0 aromatic rings. The largest absolute Gasteiger partial charge is 0.390 e. The molecule has 1 atom stereocenters. The summed E-state index contributed by atoms with van der Waals surface area (Å²) in [6.07, 6.45) is 1.99. The standard InChI is InChI=1S/C14H35N5O/c1-17(2)9-7-11-19(5)10-6-8-15-16-12-14(20)13-18(3)4/h14-16,20H,6-13H2,1-5H3. The van der Waals surface area contributed by atoms with Gasteiger partial charge in [0.05, 0.1) is 6.10 Å². The van der Waals surface area contributed by atoms with Gasteiger partial charge in [0.15, 0.2) is 0 Å². The number of rotatable bonds is 13. The van der Waals surface area contributed by atoms with Crippen LogP contribution in [0.2, 0.25) is 0 Å². The Kier molecular flexibility index (Phi) is 12.3. The van der Waals surface area contributed by atoms with E-state index in [2.05, 4.69) is 41.8 Å². The number of aliphatic hydroxyl groups excluding tert-OH is 1. The van der Waals surface area contributed by atoms with E-state index < -0.39 is 0 Å². The maximum absolute atomic E-state index is 9.65. The lowest BCUT2D eigenvalue weighted by Crippen LogP contribution is -2.42. The third-order valence-corrected chi connectivity index (χ3v) is 3.03. The minimum Gasteiger partial charge on any atom is -0.390 e. The van der Waals surface area contributed by atoms with Crippen molar-refractivity contribution < 1.29 is 5.11 Å². The van der Waals surface area contributed by atoms with Gasteiger partial charge in [0, 0.05) is 19.6 Å². The van der Waals surface area contributed by atoms with Crippen molar-refractivity contribution in [3.63, 3.8) is 0 Å². The van der Waals surface area contributed by atoms with Crippen LogP contribution in [0, 0.1) is 0 Å². The zero-order valence-electron chi connectivity index (χ0n) is 14.0. The van der Waals surface area contributed by atoms with E-state index in [1.807, 2.05) is 19.0 Å². The Balaban J connectivity index is 3.30. The van der Waals surface area contributed by atoms with Crippen LogP contribution in [0.3, 0.4) is 0 Å². The molecule has 6 heteroatoms. The third-order valence-electron chi connectivity index (χ3n) is 3.03. The van der Waals surface area contributed by atoms with Crippen LogP contribution < -0.4 is 10.9 Å². The number of likely N-dealkylation sites (N-methyl/N-ethyl adjacent to an activating group) is 1. The van der Waals surface area contributed by atoms with Gasteiger partial charge in [-0.2, -0.15) is 0 Å². The molecule has 0 heterocycles. The molecule has 3 N–H and O–H groups in total. The Bertz CT molecular complexity index is 214. The predicted octanol–water partition coefficient (Wildman–Crippen LogP) is -0.723. The molecular formula is C14H35N5O. The van der Waals surface area contributed by atoms with E-state index in [9.17, 15) is 5.11 Å². The number of nitrogens with one attached hydrogen (secondary N) is 2. The van der Waals surface area contributed by atoms with E-state index in [0.29, 0.717) is 13.1 Å². The summed E-state index contributed by atoms with van der Waals surface area (Å²) < 4.78 is 0. The summed E-state index contributed by atoms with van der Waals surface area (Å²) in [7, 11) is 10.3. The lowest BCUT2D eigenvalue weighted by Gasteiger charge is -2.19. The van der Waals surface area contributed by atoms with Crippen LogP contribution >= 0.6 is 0 Å². The second-order valence-corrected chi connectivity index (χ2v) is 6.04. The average molecular weight is 289 g/mol. The zero-order valence-corrected chi connectivity index (χ0v) is 14.0. The first kappa shape index (κ1) is 19.8. The van der Waals surface area contributed by atoms with Gasteiger partial charge in [-0.05, 0) is 67.7 Å². The number of hydrazine groups is 1. The topological polar surface area (TPSA) is 54.0 Å². The Hall–Kier alpha value is -0.240. The molecule has 122 valence electrons. The van der Waals surface area contributed by atoms with Crippen LogP contribution in [0.5, 0.6) is 0 Å². The average Bonchev–Trinajstić information content (AvgIpc) is 2.32. The summed E-state index contributed by atoms with van der Waals surface area (Å²) in [5.41, 5.74) is 6.23. The molecular weight excluding hydrogens is 254 g/mol. The Morgan fingerprint density at radius 3 is 2.10 bits per heavy atom. The molecule has 0 spiro atoms. The van der Waals surface area contributed by atoms with Crippen LogP contribution in [0.25, 0.3) is 0 Å². The molecule has 0 aliphatic heterocycles. The molecule has 6 nitrogen and oxygen atoms in total. The van der Waals surface area contributed by atoms with Gasteiger partial charge < -0.3 is 19.8 Å². The smallest absolute Gasteiger partial charge is 0.0804 e. The highest BCUT2D eigenvalue weighted by atomic mass is 16.3. The molecule has 0 fully saturated rings. The first-order valence-corrected chi connectivity index (χ1v) is 7.53. The maximum Gasteiger partial charge on any atom is 0.0804 e. The van der Waals surface area contributed by atoms with Crippen LogP contribution in [-0.4, -0.2) is 100 Å². The van der Waals surface area contributed by atoms with Crippen LogP contribution in [0.1, 0.15) is 12.8 Å². The zero-order chi connectivity index (χ0) is 15.4. The molecule has 0 saturated carbocycles. The minimum atomic E-state index is -0.328. The number of hydrogen-bond acceptors (Lipinski definition) is 6. The molecule has 0 radical (unpaired) electrons. The van der Waals surface area contributed by atoms with Crippen LogP contribution in [-0.2, 0) is 0 Å². The van der Waals surface area contributed by atoms with Gasteiger partial charge in [0.1, 0.15) is 0 Å². The van der Waals surface area contributed by atoms with Crippen molar-refractivity contribution in [1.29, 1.82) is 0 Å². The molecule has 1 unspecified atom stereocenters. The van der Waals surface area contributed by atoms with Gasteiger partial charge in [0.25, 0.3) is 0 Å². The van der Waals surface area contributed by atoms with Crippen molar-refractivity contribution in [3.8, 4) is 0 Å². The third kappa shape index (κ3) is 14.2. The van der Waals surface area contributed by atoms with E-state index in [1.54, 1.807) is 0 Å². The number of hydrogen-bond donors (Lipinski definition) is 3. The van der Waals surface area contributed by atoms with Crippen LogP contribution in [0.15, 0.2) is 0 Å². The van der Waals surface area contributed by atoms with Crippen molar-refractivity contribution in [1.82, 2.24) is 25.6 Å². The molecule has 0 aromatic carbocycles. The first-order valence-electron chi connectivity index (χ1n) is 7.53. The Morgan fingerprint density at radius 2 is 1.50 bits per heavy atom. The van der Waals surface area contributed by atoms with Crippen molar-refractivity contribution >= 4 is 0 Å². The van der Waals surface area contributed by atoms with E-state index in [0.717, 1.165) is 32.6 Å². The summed E-state index contributed by atoms with van der Waals surface area (Å²) in [5.74, 6) is 0. The lowest BCUT2D eigenvalue weighted by atomic mass is 10.3. The summed E-state index contributed by atoms with van der Waals surface area (Å²) in [5, 5.41) is 9.65. The summed E-state index contributed by atoms with van der Waals surface area (Å²) in [6.45, 7) is 5.58.